The van der Waals surface area contributed by atoms with Crippen LogP contribution in [0.3, 0.4) is 0 Å². The Morgan fingerprint density at radius 1 is 0.377 bits per heavy atom. The Kier molecular flexibility index (Phi) is 21.0. The van der Waals surface area contributed by atoms with E-state index in [1.54, 1.807) is 117 Å². The van der Waals surface area contributed by atoms with E-state index >= 15 is 0 Å². The number of ketones is 3. The lowest BCUT2D eigenvalue weighted by Crippen LogP contribution is -2.50. The lowest BCUT2D eigenvalue weighted by molar-refractivity contribution is -0.138. The van der Waals surface area contributed by atoms with Crippen LogP contribution < -0.4 is 25.8 Å². The number of aromatic nitrogens is 4. The Morgan fingerprint density at radius 2 is 0.702 bits per heavy atom. The van der Waals surface area contributed by atoms with Crippen LogP contribution in [0.5, 0.6) is 0 Å². The van der Waals surface area contributed by atoms with Crippen molar-refractivity contribution in [1.29, 1.82) is 15.8 Å². The number of halogens is 9. The number of aryl methyl sites for hydroxylation is 3. The van der Waals surface area contributed by atoms with Gasteiger partial charge in [0.15, 0.2) is 17.3 Å². The van der Waals surface area contributed by atoms with Gasteiger partial charge in [-0.25, -0.2) is 14.4 Å². The molecule has 6 aromatic carbocycles. The van der Waals surface area contributed by atoms with Gasteiger partial charge in [-0.1, -0.05) is 36.4 Å². The Morgan fingerprint density at radius 3 is 1.01 bits per heavy atom. The minimum absolute atomic E-state index is 0.0222. The third-order valence-electron chi connectivity index (χ3n) is 20.9. The highest BCUT2D eigenvalue weighted by Crippen LogP contribution is 2.51. The molecule has 3 aliphatic carbocycles. The SMILES string of the molecule is CN1C(=O)N(c2cccc(C(F)(F)F)c2)C2=C(C(=O)CC2)C1c1ccc(C#N)cc1-c1cnn(C)c1.CN1C(=O)N(c2cccc(C(F)(F)F)c2)C2=C(C(=O)CCC2)C1c1ccc(C#N)cc1-c1ccn(C)c(=O)c1.CN1C(=O)N(c2cccc(C(F)(F)F)c2)C2=C(C(=O)CCC2)C1c1ccc(C#N)cc1-c1ccn(C)c(=O)c1. The highest BCUT2D eigenvalue weighted by atomic mass is 19.4. The lowest BCUT2D eigenvalue weighted by atomic mass is 9.81. The monoisotopic (exact) mass is 1560 g/mol. The highest BCUT2D eigenvalue weighted by molar-refractivity contribution is 6.10. The van der Waals surface area contributed by atoms with Gasteiger partial charge >= 0.3 is 36.6 Å². The summed E-state index contributed by atoms with van der Waals surface area (Å²) in [5.74, 6) is -0.596. The molecular formula is C84H66F9N13O8. The molecule has 0 bridgehead atoms. The van der Waals surface area contributed by atoms with Gasteiger partial charge in [0.05, 0.1) is 93.0 Å². The molecule has 3 atom stereocenters. The molecule has 0 saturated heterocycles. The van der Waals surface area contributed by atoms with Crippen molar-refractivity contribution < 1.29 is 68.3 Å². The fraction of sp³-hybridized carbons (Fsp3) is 0.238. The number of nitrogens with zero attached hydrogens (tertiary/aromatic N) is 13. The van der Waals surface area contributed by atoms with Crippen LogP contribution in [0.1, 0.15) is 120 Å². The van der Waals surface area contributed by atoms with E-state index in [9.17, 15) is 93.7 Å². The van der Waals surface area contributed by atoms with E-state index in [1.807, 2.05) is 0 Å². The van der Waals surface area contributed by atoms with Crippen molar-refractivity contribution in [3.05, 3.63) is 281 Å². The van der Waals surface area contributed by atoms with Gasteiger partial charge in [0, 0.05) is 132 Å². The fourth-order valence-electron chi connectivity index (χ4n) is 15.4. The molecule has 0 saturated carbocycles. The van der Waals surface area contributed by atoms with E-state index in [-0.39, 0.29) is 71.2 Å². The summed E-state index contributed by atoms with van der Waals surface area (Å²) in [6, 6.07) is 36.5. The maximum atomic E-state index is 13.8. The molecule has 9 aromatic rings. The fourth-order valence-corrected chi connectivity index (χ4v) is 15.4. The molecule has 3 aromatic heterocycles. The van der Waals surface area contributed by atoms with Crippen molar-refractivity contribution in [1.82, 2.24) is 33.6 Å². The van der Waals surface area contributed by atoms with Crippen LogP contribution in [0.2, 0.25) is 0 Å². The van der Waals surface area contributed by atoms with Gasteiger partial charge in [0.2, 0.25) is 0 Å². The first-order valence-electron chi connectivity index (χ1n) is 35.6. The van der Waals surface area contributed by atoms with Crippen LogP contribution >= 0.6 is 0 Å². The van der Waals surface area contributed by atoms with Gasteiger partial charge in [-0.2, -0.15) is 60.4 Å². The van der Waals surface area contributed by atoms with Gasteiger partial charge in [0.25, 0.3) is 11.1 Å². The smallest absolute Gasteiger partial charge is 0.319 e. The van der Waals surface area contributed by atoms with Crippen LogP contribution in [-0.4, -0.2) is 90.2 Å². The number of carbonyl (C=O) groups excluding carboxylic acids is 6. The Hall–Kier alpha value is -13.7. The van der Waals surface area contributed by atoms with Crippen molar-refractivity contribution in [3.63, 3.8) is 0 Å². The third kappa shape index (κ3) is 14.7. The first-order chi connectivity index (χ1) is 54.1. The van der Waals surface area contributed by atoms with Gasteiger partial charge in [-0.05, 0) is 180 Å². The van der Waals surface area contributed by atoms with Crippen molar-refractivity contribution in [3.8, 4) is 51.6 Å². The second-order valence-corrected chi connectivity index (χ2v) is 28.0. The summed E-state index contributed by atoms with van der Waals surface area (Å²) < 4.78 is 125. The highest BCUT2D eigenvalue weighted by Gasteiger charge is 2.49. The first-order valence-corrected chi connectivity index (χ1v) is 35.6. The summed E-state index contributed by atoms with van der Waals surface area (Å²) in [5, 5.41) is 32.7. The van der Waals surface area contributed by atoms with E-state index in [2.05, 4.69) is 23.3 Å². The number of benzene rings is 6. The quantitative estimate of drug-likeness (QED) is 0.122. The third-order valence-corrected chi connectivity index (χ3v) is 20.9. The minimum atomic E-state index is -4.60. The van der Waals surface area contributed by atoms with Gasteiger partial charge in [-0.15, -0.1) is 0 Å². The molecule has 3 aliphatic heterocycles. The molecule has 578 valence electrons. The molecule has 114 heavy (non-hydrogen) atoms. The zero-order valence-corrected chi connectivity index (χ0v) is 61.6. The van der Waals surface area contributed by atoms with Gasteiger partial charge in [-0.3, -0.25) is 43.4 Å². The van der Waals surface area contributed by atoms with E-state index in [0.29, 0.717) is 126 Å². The topological polar surface area (TPSA) is 255 Å². The first kappa shape index (κ1) is 78.4. The molecule has 6 heterocycles. The number of allylic oxidation sites excluding steroid dienone is 3. The number of amides is 6. The average Bonchev–Trinajstić information content (AvgIpc) is 1.18. The van der Waals surface area contributed by atoms with E-state index in [4.69, 9.17) is 0 Å². The number of pyridine rings is 2. The number of Topliss-reactive ketones (excluding diaryl/α,β-unsaturated/α-hetero) is 3. The molecular weight excluding hydrogens is 1490 g/mol. The Labute approximate surface area is 645 Å². The predicted octanol–water partition coefficient (Wildman–Crippen LogP) is 16.3. The molecule has 15 rings (SSSR count). The maximum absolute atomic E-state index is 13.8. The van der Waals surface area contributed by atoms with Crippen LogP contribution in [-0.2, 0) is 54.1 Å². The van der Waals surface area contributed by atoms with Crippen LogP contribution in [0.25, 0.3) is 33.4 Å². The number of hydrogen-bond donors (Lipinski definition) is 0. The standard InChI is InChI=1S/2C29H23F3N4O3.C26H20F3N5O2/c2*1-34-12-11-18(14-25(34)38)22-13-17(16-33)9-10-21(22)27-26-23(7-4-8-24(26)37)36(28(39)35(27)2)20-6-3-5-19(15-20)29(30,31)32;1-32-14-16(13-31-32)20-10-15(12-30)6-7-19(20)24-23-21(8-9-22(23)35)34(25(36)33(24)2)18-5-3-4-17(11-18)26(27,28)29/h2*3,5-6,9-15,27H,4,7-8H2,1-2H3;3-7,10-11,13-14,24H,8-9H2,1-2H3. The number of nitriles is 3. The normalized spacial score (nSPS) is 17.9. The van der Waals surface area contributed by atoms with Gasteiger partial charge < -0.3 is 23.8 Å². The summed E-state index contributed by atoms with van der Waals surface area (Å²) in [6.07, 6.45) is -4.83. The molecule has 30 heteroatoms. The van der Waals surface area contributed by atoms with Crippen molar-refractivity contribution in [2.45, 2.75) is 88.0 Å². The molecule has 0 radical (unpaired) electrons. The number of carbonyl (C=O) groups is 6. The number of anilines is 3. The maximum Gasteiger partial charge on any atom is 0.416 e. The zero-order valence-electron chi connectivity index (χ0n) is 61.6. The summed E-state index contributed by atoms with van der Waals surface area (Å²) in [5.41, 5.74) is 5.11. The van der Waals surface area contributed by atoms with Crippen LogP contribution in [0.15, 0.2) is 220 Å². The molecule has 6 amide bonds. The summed E-state index contributed by atoms with van der Waals surface area (Å²) in [7, 11) is 9.46. The summed E-state index contributed by atoms with van der Waals surface area (Å²) >= 11 is 0. The summed E-state index contributed by atoms with van der Waals surface area (Å²) in [4.78, 5) is 114. The molecule has 0 spiro atoms. The number of hydrogen-bond acceptors (Lipinski definition) is 12. The van der Waals surface area contributed by atoms with Crippen molar-refractivity contribution >= 4 is 52.5 Å². The molecule has 0 N–H and O–H groups in total. The van der Waals surface area contributed by atoms with Crippen molar-refractivity contribution in [2.75, 3.05) is 35.8 Å². The van der Waals surface area contributed by atoms with E-state index < -0.39 is 71.4 Å². The predicted molar refractivity (Wildman–Crippen MR) is 400 cm³/mol. The zero-order chi connectivity index (χ0) is 81.9. The number of alkyl halides is 9. The van der Waals surface area contributed by atoms with E-state index in [0.717, 1.165) is 36.4 Å². The van der Waals surface area contributed by atoms with Gasteiger partial charge in [0.1, 0.15) is 0 Å². The number of likely N-dealkylation sites (N-methyl/N-ethyl adjacent to an activating group) is 3. The minimum Gasteiger partial charge on any atom is -0.319 e. The molecule has 6 aliphatic rings. The molecule has 3 unspecified atom stereocenters. The van der Waals surface area contributed by atoms with Crippen LogP contribution in [0.4, 0.5) is 71.0 Å². The second-order valence-electron chi connectivity index (χ2n) is 28.0. The number of urea groups is 3. The second kappa shape index (κ2) is 30.5. The Balaban J connectivity index is 0.000000149. The summed E-state index contributed by atoms with van der Waals surface area (Å²) in [6.45, 7) is 0. The molecule has 21 nitrogen and oxygen atoms in total. The van der Waals surface area contributed by atoms with Crippen LogP contribution in [0, 0.1) is 34.0 Å². The average molecular weight is 1560 g/mol. The largest absolute Gasteiger partial charge is 0.416 e. The molecule has 0 fully saturated rings. The lowest BCUT2D eigenvalue weighted by Gasteiger charge is -2.44. The number of rotatable bonds is 9. The van der Waals surface area contributed by atoms with Crippen molar-refractivity contribution in [2.24, 2.45) is 21.1 Å². The van der Waals surface area contributed by atoms with E-state index in [1.165, 1.54) is 108 Å². The Bertz CT molecular complexity index is 5660.